The van der Waals surface area contributed by atoms with E-state index in [0.717, 1.165) is 29.9 Å². The van der Waals surface area contributed by atoms with Crippen LogP contribution in [0.3, 0.4) is 0 Å². The van der Waals surface area contributed by atoms with Gasteiger partial charge in [0.2, 0.25) is 0 Å². The summed E-state index contributed by atoms with van der Waals surface area (Å²) in [6, 6.07) is 0.585. The fraction of sp³-hybridized carbons (Fsp3) is 0.765. The first-order valence-electron chi connectivity index (χ1n) is 8.52. The summed E-state index contributed by atoms with van der Waals surface area (Å²) in [4.78, 5) is 10.2. The molecule has 0 aliphatic heterocycles. The summed E-state index contributed by atoms with van der Waals surface area (Å²) in [5.74, 6) is 1.88. The zero-order valence-corrected chi connectivity index (χ0v) is 15.2. The van der Waals surface area contributed by atoms with Gasteiger partial charge in [-0.2, -0.15) is 0 Å². The van der Waals surface area contributed by atoms with Gasteiger partial charge in [-0.05, 0) is 45.4 Å². The predicted octanol–water partition coefficient (Wildman–Crippen LogP) is 3.44. The molecule has 124 valence electrons. The Labute approximate surface area is 138 Å². The minimum Gasteiger partial charge on any atom is -0.356 e. The Morgan fingerprint density at radius 3 is 2.55 bits per heavy atom. The molecule has 1 saturated carbocycles. The lowest BCUT2D eigenvalue weighted by atomic mass is 9.84. The van der Waals surface area contributed by atoms with E-state index in [0.29, 0.717) is 6.04 Å². The molecule has 0 radical (unpaired) electrons. The minimum absolute atomic E-state index is 0.585. The second-order valence-corrected chi connectivity index (χ2v) is 7.55. The third-order valence-corrected chi connectivity index (χ3v) is 5.77. The zero-order chi connectivity index (χ0) is 15.9. The summed E-state index contributed by atoms with van der Waals surface area (Å²) in [5, 5.41) is 8.18. The van der Waals surface area contributed by atoms with Gasteiger partial charge in [-0.15, -0.1) is 11.3 Å². The van der Waals surface area contributed by atoms with Crippen molar-refractivity contribution < 1.29 is 0 Å². The average Bonchev–Trinajstić information content (AvgIpc) is 2.84. The van der Waals surface area contributed by atoms with Crippen molar-refractivity contribution in [1.82, 2.24) is 15.6 Å². The molecule has 4 nitrogen and oxygen atoms in total. The Kier molecular flexibility index (Phi) is 6.68. The number of guanidine groups is 1. The Morgan fingerprint density at radius 1 is 1.27 bits per heavy atom. The molecule has 22 heavy (non-hydrogen) atoms. The summed E-state index contributed by atoms with van der Waals surface area (Å²) in [7, 11) is 1.86. The molecular weight excluding hydrogens is 292 g/mol. The first-order chi connectivity index (χ1) is 10.6. The van der Waals surface area contributed by atoms with Crippen LogP contribution < -0.4 is 10.6 Å². The summed E-state index contributed by atoms with van der Waals surface area (Å²) >= 11 is 1.80. The number of aryl methyl sites for hydroxylation is 2. The van der Waals surface area contributed by atoms with Crippen LogP contribution in [-0.4, -0.2) is 30.6 Å². The van der Waals surface area contributed by atoms with Crippen molar-refractivity contribution in [1.29, 1.82) is 0 Å². The van der Waals surface area contributed by atoms with Crippen molar-refractivity contribution in [3.05, 3.63) is 15.6 Å². The Morgan fingerprint density at radius 2 is 2.00 bits per heavy atom. The van der Waals surface area contributed by atoms with Crippen LogP contribution >= 0.6 is 11.3 Å². The van der Waals surface area contributed by atoms with Crippen LogP contribution in [0.2, 0.25) is 0 Å². The van der Waals surface area contributed by atoms with E-state index >= 15 is 0 Å². The van der Waals surface area contributed by atoms with E-state index in [4.69, 9.17) is 0 Å². The molecule has 0 unspecified atom stereocenters. The number of aromatic nitrogens is 1. The van der Waals surface area contributed by atoms with Crippen LogP contribution in [0.4, 0.5) is 0 Å². The highest BCUT2D eigenvalue weighted by molar-refractivity contribution is 7.11. The maximum Gasteiger partial charge on any atom is 0.191 e. The van der Waals surface area contributed by atoms with Gasteiger partial charge in [0.05, 0.1) is 10.7 Å². The SMILES string of the molecule is CCC1CCC(NC(=NC)NCCc2sc(C)nc2C)CC1. The standard InChI is InChI=1S/C17H30N4S/c1-5-14-6-8-15(9-7-14)21-17(18-4)19-11-10-16-12(2)20-13(3)22-16/h14-15H,5-11H2,1-4H3,(H2,18,19,21). The summed E-state index contributed by atoms with van der Waals surface area (Å²) < 4.78 is 0. The highest BCUT2D eigenvalue weighted by Crippen LogP contribution is 2.26. The molecule has 0 amide bonds. The van der Waals surface area contributed by atoms with Crippen LogP contribution in [0, 0.1) is 19.8 Å². The van der Waals surface area contributed by atoms with E-state index in [1.807, 2.05) is 7.05 Å². The van der Waals surface area contributed by atoms with Crippen LogP contribution in [0.5, 0.6) is 0 Å². The van der Waals surface area contributed by atoms with E-state index in [9.17, 15) is 0 Å². The van der Waals surface area contributed by atoms with Gasteiger partial charge in [0, 0.05) is 30.9 Å². The number of hydrogen-bond donors (Lipinski definition) is 2. The zero-order valence-electron chi connectivity index (χ0n) is 14.4. The summed E-state index contributed by atoms with van der Waals surface area (Å²) in [5.41, 5.74) is 1.17. The molecule has 0 saturated heterocycles. The topological polar surface area (TPSA) is 49.3 Å². The fourth-order valence-corrected chi connectivity index (χ4v) is 4.14. The molecule has 2 rings (SSSR count). The molecule has 0 atom stereocenters. The lowest BCUT2D eigenvalue weighted by Gasteiger charge is -2.29. The normalized spacial score (nSPS) is 22.6. The molecule has 0 bridgehead atoms. The van der Waals surface area contributed by atoms with Gasteiger partial charge >= 0.3 is 0 Å². The van der Waals surface area contributed by atoms with E-state index in [2.05, 4.69) is 41.4 Å². The van der Waals surface area contributed by atoms with Crippen LogP contribution in [0.25, 0.3) is 0 Å². The Bertz CT molecular complexity index is 487. The lowest BCUT2D eigenvalue weighted by molar-refractivity contribution is 0.304. The maximum atomic E-state index is 4.48. The van der Waals surface area contributed by atoms with Crippen LogP contribution in [-0.2, 0) is 6.42 Å². The largest absolute Gasteiger partial charge is 0.356 e. The predicted molar refractivity (Wildman–Crippen MR) is 95.8 cm³/mol. The van der Waals surface area contributed by atoms with E-state index in [-0.39, 0.29) is 0 Å². The molecule has 1 aliphatic rings. The molecule has 1 aliphatic carbocycles. The number of nitrogens with zero attached hydrogens (tertiary/aromatic N) is 2. The van der Waals surface area contributed by atoms with Gasteiger partial charge in [0.1, 0.15) is 0 Å². The van der Waals surface area contributed by atoms with E-state index < -0.39 is 0 Å². The number of rotatable bonds is 5. The first kappa shape index (κ1) is 17.3. The molecule has 0 spiro atoms. The number of nitrogens with one attached hydrogen (secondary N) is 2. The summed E-state index contributed by atoms with van der Waals surface area (Å²) in [6.45, 7) is 7.38. The fourth-order valence-electron chi connectivity index (χ4n) is 3.20. The number of aliphatic imine (C=N–C) groups is 1. The molecule has 1 fully saturated rings. The Balaban J connectivity index is 1.73. The highest BCUT2D eigenvalue weighted by atomic mass is 32.1. The van der Waals surface area contributed by atoms with Gasteiger partial charge < -0.3 is 10.6 Å². The molecule has 1 heterocycles. The van der Waals surface area contributed by atoms with Crippen molar-refractivity contribution in [3.63, 3.8) is 0 Å². The minimum atomic E-state index is 0.585. The Hall–Kier alpha value is -1.10. The van der Waals surface area contributed by atoms with Crippen molar-refractivity contribution in [2.45, 2.75) is 65.3 Å². The van der Waals surface area contributed by atoms with Gasteiger partial charge in [-0.1, -0.05) is 13.3 Å². The van der Waals surface area contributed by atoms with Crippen molar-refractivity contribution in [2.24, 2.45) is 10.9 Å². The van der Waals surface area contributed by atoms with Gasteiger partial charge in [0.15, 0.2) is 5.96 Å². The van der Waals surface area contributed by atoms with Crippen molar-refractivity contribution in [3.8, 4) is 0 Å². The average molecular weight is 323 g/mol. The van der Waals surface area contributed by atoms with Gasteiger partial charge in [-0.3, -0.25) is 4.99 Å². The van der Waals surface area contributed by atoms with Crippen molar-refractivity contribution >= 4 is 17.3 Å². The second-order valence-electron chi connectivity index (χ2n) is 6.26. The molecule has 2 N–H and O–H groups in total. The van der Waals surface area contributed by atoms with Crippen LogP contribution in [0.1, 0.15) is 54.6 Å². The second kappa shape index (κ2) is 8.51. The monoisotopic (exact) mass is 322 g/mol. The van der Waals surface area contributed by atoms with Gasteiger partial charge in [-0.25, -0.2) is 4.98 Å². The van der Waals surface area contributed by atoms with Crippen molar-refractivity contribution in [2.75, 3.05) is 13.6 Å². The molecular formula is C17H30N4S. The quantitative estimate of drug-likeness (QED) is 0.645. The molecule has 0 aromatic carbocycles. The number of thiazole rings is 1. The first-order valence-corrected chi connectivity index (χ1v) is 9.34. The van der Waals surface area contributed by atoms with E-state index in [1.165, 1.54) is 42.7 Å². The third kappa shape index (κ3) is 4.97. The molecule has 5 heteroatoms. The smallest absolute Gasteiger partial charge is 0.191 e. The van der Waals surface area contributed by atoms with E-state index in [1.54, 1.807) is 11.3 Å². The maximum absolute atomic E-state index is 4.48. The lowest BCUT2D eigenvalue weighted by Crippen LogP contribution is -2.45. The van der Waals surface area contributed by atoms with Crippen LogP contribution in [0.15, 0.2) is 4.99 Å². The molecule has 1 aromatic heterocycles. The molecule has 1 aromatic rings. The summed E-state index contributed by atoms with van der Waals surface area (Å²) in [6.07, 6.45) is 7.58. The number of hydrogen-bond acceptors (Lipinski definition) is 3. The van der Waals surface area contributed by atoms with Gasteiger partial charge in [0.25, 0.3) is 0 Å². The highest BCUT2D eigenvalue weighted by Gasteiger charge is 2.20. The third-order valence-electron chi connectivity index (χ3n) is 4.63.